The highest BCUT2D eigenvalue weighted by molar-refractivity contribution is 5.79. The average molecular weight is 189 g/mol. The Hall–Kier alpha value is -0.940. The number of rotatable bonds is 5. The molecule has 0 fully saturated rings. The number of Topliss-reactive ketones (excluding diaryl/α,β-unsaturated/α-hetero) is 1. The monoisotopic (exact) mass is 189 g/mol. The minimum absolute atomic E-state index is 0.0655. The Morgan fingerprint density at radius 3 is 2.77 bits per heavy atom. The summed E-state index contributed by atoms with van der Waals surface area (Å²) in [5.41, 5.74) is 9.27. The van der Waals surface area contributed by atoms with E-state index in [1.54, 1.807) is 14.0 Å². The van der Waals surface area contributed by atoms with E-state index in [0.717, 1.165) is 19.4 Å². The van der Waals surface area contributed by atoms with Crippen molar-refractivity contribution in [1.82, 2.24) is 0 Å². The van der Waals surface area contributed by atoms with Gasteiger partial charge in [0.05, 0.1) is 13.6 Å². The largest absolute Gasteiger partial charge is 0.436 e. The standard InChI is InChI=1S/C8H18N4O/c1-6(13)7(9)4-3-5-12-8(10)11-2/h7H,3-5,9H2,1-2H3,(H3,10,11,12)/p+3. The smallest absolute Gasteiger partial charge is 0.349 e. The van der Waals surface area contributed by atoms with Crippen molar-refractivity contribution in [2.45, 2.75) is 25.8 Å². The molecular weight excluding hydrogens is 168 g/mol. The molecule has 0 heterocycles. The molecule has 13 heavy (non-hydrogen) atoms. The van der Waals surface area contributed by atoms with Crippen LogP contribution in [0, 0.1) is 0 Å². The first-order valence-corrected chi connectivity index (χ1v) is 4.54. The lowest BCUT2D eigenvalue weighted by Crippen LogP contribution is -3.01. The van der Waals surface area contributed by atoms with Crippen LogP contribution in [0.25, 0.3) is 0 Å². The van der Waals surface area contributed by atoms with Crippen LogP contribution in [-0.2, 0) is 4.79 Å². The zero-order chi connectivity index (χ0) is 10.3. The summed E-state index contributed by atoms with van der Waals surface area (Å²) in [6.07, 6.45) is 1.79. The molecule has 0 aromatic heterocycles. The van der Waals surface area contributed by atoms with Crippen LogP contribution in [-0.4, -0.2) is 31.4 Å². The Balaban J connectivity index is 3.41. The van der Waals surface area contributed by atoms with Crippen LogP contribution in [0.4, 0.5) is 0 Å². The molecule has 76 valence electrons. The number of ketones is 1. The second-order valence-electron chi connectivity index (χ2n) is 3.15. The second-order valence-corrected chi connectivity index (χ2v) is 3.15. The topological polar surface area (TPSA) is 101 Å². The fourth-order valence-electron chi connectivity index (χ4n) is 0.927. The van der Waals surface area contributed by atoms with Gasteiger partial charge in [0.2, 0.25) is 0 Å². The Morgan fingerprint density at radius 1 is 1.69 bits per heavy atom. The van der Waals surface area contributed by atoms with Gasteiger partial charge in [-0.05, 0) is 0 Å². The van der Waals surface area contributed by atoms with Crippen molar-refractivity contribution in [3.05, 3.63) is 0 Å². The van der Waals surface area contributed by atoms with Crippen molar-refractivity contribution >= 4 is 11.7 Å². The van der Waals surface area contributed by atoms with Crippen LogP contribution in [0.3, 0.4) is 0 Å². The maximum atomic E-state index is 10.8. The van der Waals surface area contributed by atoms with Gasteiger partial charge in [0.15, 0.2) is 5.78 Å². The van der Waals surface area contributed by atoms with Gasteiger partial charge in [0.1, 0.15) is 6.04 Å². The molecule has 0 saturated carbocycles. The lowest BCUT2D eigenvalue weighted by molar-refractivity contribution is -0.607. The third-order valence-electron chi connectivity index (χ3n) is 1.98. The van der Waals surface area contributed by atoms with Crippen molar-refractivity contribution in [3.63, 3.8) is 0 Å². The van der Waals surface area contributed by atoms with Crippen LogP contribution >= 0.6 is 0 Å². The molecule has 0 aliphatic carbocycles. The van der Waals surface area contributed by atoms with Crippen molar-refractivity contribution < 1.29 is 20.8 Å². The molecule has 8 N–H and O–H groups in total. The van der Waals surface area contributed by atoms with E-state index in [2.05, 4.69) is 10.7 Å². The van der Waals surface area contributed by atoms with Crippen molar-refractivity contribution in [2.75, 3.05) is 13.6 Å². The molecule has 0 radical (unpaired) electrons. The molecule has 0 saturated heterocycles. The zero-order valence-electron chi connectivity index (χ0n) is 8.47. The summed E-state index contributed by atoms with van der Waals surface area (Å²) in [6, 6.07) is -0.0655. The Kier molecular flexibility index (Phi) is 6.09. The molecule has 0 aromatic rings. The minimum atomic E-state index is -0.0655. The first-order valence-electron chi connectivity index (χ1n) is 4.54. The average Bonchev–Trinajstić information content (AvgIpc) is 2.11. The van der Waals surface area contributed by atoms with E-state index in [0.29, 0.717) is 5.96 Å². The molecule has 5 nitrogen and oxygen atoms in total. The van der Waals surface area contributed by atoms with Crippen molar-refractivity contribution in [2.24, 2.45) is 5.73 Å². The summed E-state index contributed by atoms with van der Waals surface area (Å²) < 4.78 is 0. The summed E-state index contributed by atoms with van der Waals surface area (Å²) in [5.74, 6) is 0.842. The summed E-state index contributed by atoms with van der Waals surface area (Å²) in [7, 11) is 1.78. The number of quaternary nitrogens is 2. The van der Waals surface area contributed by atoms with E-state index >= 15 is 0 Å². The lowest BCUT2D eigenvalue weighted by Gasteiger charge is -2.01. The predicted octanol–water partition coefficient (Wildman–Crippen LogP) is -4.45. The van der Waals surface area contributed by atoms with E-state index in [1.165, 1.54) is 0 Å². The summed E-state index contributed by atoms with van der Waals surface area (Å²) in [6.45, 7) is 2.47. The van der Waals surface area contributed by atoms with Gasteiger partial charge in [-0.25, -0.2) is 16.0 Å². The first kappa shape index (κ1) is 12.1. The molecule has 0 aliphatic rings. The molecule has 0 aromatic carbocycles. The number of nitrogens with one attached hydrogen (secondary N) is 1. The number of hydrogen-bond donors (Lipinski definition) is 4. The van der Waals surface area contributed by atoms with Crippen LogP contribution in [0.1, 0.15) is 19.8 Å². The molecule has 5 heteroatoms. The highest BCUT2D eigenvalue weighted by Crippen LogP contribution is 1.90. The number of guanidine groups is 1. The van der Waals surface area contributed by atoms with Gasteiger partial charge < -0.3 is 5.73 Å². The molecule has 0 bridgehead atoms. The van der Waals surface area contributed by atoms with E-state index in [-0.39, 0.29) is 11.8 Å². The highest BCUT2D eigenvalue weighted by atomic mass is 16.1. The van der Waals surface area contributed by atoms with E-state index < -0.39 is 0 Å². The van der Waals surface area contributed by atoms with Crippen LogP contribution < -0.4 is 21.8 Å². The Morgan fingerprint density at radius 2 is 2.31 bits per heavy atom. The predicted molar refractivity (Wildman–Crippen MR) is 49.5 cm³/mol. The normalized spacial score (nSPS) is 14.2. The molecule has 0 aliphatic heterocycles. The van der Waals surface area contributed by atoms with Crippen LogP contribution in [0.5, 0.6) is 0 Å². The maximum Gasteiger partial charge on any atom is 0.436 e. The fraction of sp³-hybridized carbons (Fsp3) is 0.750. The number of carbonyl (C=O) groups excluding carboxylic acids is 1. The number of carbonyl (C=O) groups is 1. The first-order chi connectivity index (χ1) is 6.07. The van der Waals surface area contributed by atoms with Gasteiger partial charge in [-0.2, -0.15) is 0 Å². The Labute approximate surface area is 78.6 Å². The van der Waals surface area contributed by atoms with E-state index in [1.807, 2.05) is 5.32 Å². The maximum absolute atomic E-state index is 10.8. The molecule has 0 spiro atoms. The molecule has 0 amide bonds. The molecule has 0 rings (SSSR count). The molecule has 1 unspecified atom stereocenters. The van der Waals surface area contributed by atoms with E-state index in [4.69, 9.17) is 5.73 Å². The molecule has 1 atom stereocenters. The van der Waals surface area contributed by atoms with Gasteiger partial charge in [-0.1, -0.05) is 0 Å². The third kappa shape index (κ3) is 6.24. The van der Waals surface area contributed by atoms with E-state index in [9.17, 15) is 4.79 Å². The van der Waals surface area contributed by atoms with Gasteiger partial charge >= 0.3 is 5.96 Å². The van der Waals surface area contributed by atoms with Crippen LogP contribution in [0.15, 0.2) is 0 Å². The van der Waals surface area contributed by atoms with Gasteiger partial charge in [0.25, 0.3) is 0 Å². The Bertz CT molecular complexity index is 191. The SMILES string of the molecule is C[NH+]=C(N)[NH2+]CCCC([NH3+])C(C)=O. The number of hydrogen-bond acceptors (Lipinski definition) is 1. The zero-order valence-corrected chi connectivity index (χ0v) is 8.47. The van der Waals surface area contributed by atoms with Gasteiger partial charge in [0, 0.05) is 19.8 Å². The number of nitrogens with two attached hydrogens (primary N) is 2. The third-order valence-corrected chi connectivity index (χ3v) is 1.98. The molecular formula is C8H21N4O+3. The van der Waals surface area contributed by atoms with Gasteiger partial charge in [-0.3, -0.25) is 4.79 Å². The quantitative estimate of drug-likeness (QED) is 0.199. The van der Waals surface area contributed by atoms with Crippen molar-refractivity contribution in [1.29, 1.82) is 0 Å². The van der Waals surface area contributed by atoms with Crippen molar-refractivity contribution in [3.8, 4) is 0 Å². The lowest BCUT2D eigenvalue weighted by atomic mass is 10.1. The summed E-state index contributed by atoms with van der Waals surface area (Å²) in [4.78, 5) is 13.6. The second kappa shape index (κ2) is 6.56. The summed E-state index contributed by atoms with van der Waals surface area (Å²) >= 11 is 0. The highest BCUT2D eigenvalue weighted by Gasteiger charge is 2.11. The van der Waals surface area contributed by atoms with Gasteiger partial charge in [-0.15, -0.1) is 0 Å². The minimum Gasteiger partial charge on any atom is -0.349 e. The summed E-state index contributed by atoms with van der Waals surface area (Å²) in [5, 5.41) is 1.92. The fourth-order valence-corrected chi connectivity index (χ4v) is 0.927. The van der Waals surface area contributed by atoms with Crippen LogP contribution in [0.2, 0.25) is 0 Å².